The summed E-state index contributed by atoms with van der Waals surface area (Å²) in [5.41, 5.74) is 9.43. The summed E-state index contributed by atoms with van der Waals surface area (Å²) < 4.78 is 11.8. The number of nitrogens with two attached hydrogens (primary N) is 1. The van der Waals surface area contributed by atoms with Crippen LogP contribution in [-0.2, 0) is 10.8 Å². The summed E-state index contributed by atoms with van der Waals surface area (Å²) in [6.07, 6.45) is 0.836. The van der Waals surface area contributed by atoms with E-state index in [0.29, 0.717) is 5.75 Å². The van der Waals surface area contributed by atoms with Crippen molar-refractivity contribution in [2.45, 2.75) is 31.2 Å². The number of benzene rings is 1. The second-order valence-electron chi connectivity index (χ2n) is 3.94. The van der Waals surface area contributed by atoms with Gasteiger partial charge in [-0.3, -0.25) is 4.21 Å². The maximum atomic E-state index is 11.8. The molecule has 0 amide bonds. The van der Waals surface area contributed by atoms with E-state index < -0.39 is 10.8 Å². The molecule has 3 heteroatoms. The minimum Gasteiger partial charge on any atom is -0.324 e. The quantitative estimate of drug-likeness (QED) is 0.708. The molecule has 1 aliphatic heterocycles. The third-order valence-electron chi connectivity index (χ3n) is 2.69. The molecule has 0 radical (unpaired) electrons. The molecule has 1 aromatic rings. The summed E-state index contributed by atoms with van der Waals surface area (Å²) in [4.78, 5) is 0.981. The van der Waals surface area contributed by atoms with Crippen LogP contribution in [0.15, 0.2) is 17.0 Å². The first kappa shape index (κ1) is 9.87. The predicted octanol–water partition coefficient (Wildman–Crippen LogP) is 1.81. The second kappa shape index (κ2) is 3.48. The van der Waals surface area contributed by atoms with Crippen molar-refractivity contribution in [2.75, 3.05) is 5.75 Å². The van der Waals surface area contributed by atoms with E-state index >= 15 is 0 Å². The van der Waals surface area contributed by atoms with Gasteiger partial charge in [0, 0.05) is 16.7 Å². The Morgan fingerprint density at radius 2 is 2.14 bits per heavy atom. The zero-order valence-corrected chi connectivity index (χ0v) is 9.36. The van der Waals surface area contributed by atoms with E-state index in [9.17, 15) is 4.21 Å². The van der Waals surface area contributed by atoms with E-state index in [2.05, 4.69) is 19.1 Å². The van der Waals surface area contributed by atoms with Crippen LogP contribution < -0.4 is 5.73 Å². The standard InChI is InChI=1S/C11H15NOS/c1-7-5-8(2)11-9(6-7)10(12)3-4-14(11)13/h5-6,10H,3-4,12H2,1-2H3. The molecule has 0 fully saturated rings. The molecule has 76 valence electrons. The monoisotopic (exact) mass is 209 g/mol. The number of rotatable bonds is 0. The van der Waals surface area contributed by atoms with E-state index in [1.807, 2.05) is 6.92 Å². The maximum Gasteiger partial charge on any atom is 0.0536 e. The lowest BCUT2D eigenvalue weighted by atomic mass is 10.00. The van der Waals surface area contributed by atoms with Gasteiger partial charge < -0.3 is 5.73 Å². The molecule has 2 rings (SSSR count). The van der Waals surface area contributed by atoms with Crippen molar-refractivity contribution in [1.29, 1.82) is 0 Å². The number of hydrogen-bond donors (Lipinski definition) is 1. The molecule has 0 saturated carbocycles. The highest BCUT2D eigenvalue weighted by molar-refractivity contribution is 7.85. The van der Waals surface area contributed by atoms with Gasteiger partial charge in [0.1, 0.15) is 0 Å². The van der Waals surface area contributed by atoms with E-state index in [0.717, 1.165) is 22.4 Å². The van der Waals surface area contributed by atoms with Crippen molar-refractivity contribution in [3.8, 4) is 0 Å². The summed E-state index contributed by atoms with van der Waals surface area (Å²) in [5, 5.41) is 0. The number of fused-ring (bicyclic) bond motifs is 1. The van der Waals surface area contributed by atoms with Crippen molar-refractivity contribution in [3.63, 3.8) is 0 Å². The Balaban J connectivity index is 2.66. The molecule has 0 bridgehead atoms. The maximum absolute atomic E-state index is 11.8. The third kappa shape index (κ3) is 1.51. The fourth-order valence-corrected chi connectivity index (χ4v) is 3.63. The highest BCUT2D eigenvalue weighted by Crippen LogP contribution is 2.31. The van der Waals surface area contributed by atoms with Gasteiger partial charge >= 0.3 is 0 Å². The first-order valence-electron chi connectivity index (χ1n) is 4.84. The molecule has 1 aromatic carbocycles. The zero-order valence-electron chi connectivity index (χ0n) is 8.54. The van der Waals surface area contributed by atoms with Crippen LogP contribution in [0.2, 0.25) is 0 Å². The van der Waals surface area contributed by atoms with Crippen molar-refractivity contribution in [2.24, 2.45) is 5.73 Å². The summed E-state index contributed by atoms with van der Waals surface area (Å²) >= 11 is 0. The Morgan fingerprint density at radius 1 is 1.43 bits per heavy atom. The largest absolute Gasteiger partial charge is 0.324 e. The third-order valence-corrected chi connectivity index (χ3v) is 4.31. The van der Waals surface area contributed by atoms with Gasteiger partial charge in [-0.25, -0.2) is 0 Å². The van der Waals surface area contributed by atoms with Crippen LogP contribution in [0.3, 0.4) is 0 Å². The fourth-order valence-electron chi connectivity index (χ4n) is 2.07. The van der Waals surface area contributed by atoms with Crippen molar-refractivity contribution < 1.29 is 4.21 Å². The van der Waals surface area contributed by atoms with Crippen LogP contribution in [-0.4, -0.2) is 9.96 Å². The summed E-state index contributed by atoms with van der Waals surface area (Å²) in [5.74, 6) is 0.706. The molecular formula is C11H15NOS. The molecule has 14 heavy (non-hydrogen) atoms. The highest BCUT2D eigenvalue weighted by atomic mass is 32.2. The fraction of sp³-hybridized carbons (Fsp3) is 0.455. The number of hydrogen-bond acceptors (Lipinski definition) is 2. The zero-order chi connectivity index (χ0) is 10.3. The van der Waals surface area contributed by atoms with Gasteiger partial charge in [0.2, 0.25) is 0 Å². The summed E-state index contributed by atoms with van der Waals surface area (Å²) in [7, 11) is -0.836. The molecular weight excluding hydrogens is 194 g/mol. The van der Waals surface area contributed by atoms with Gasteiger partial charge in [-0.2, -0.15) is 0 Å². The van der Waals surface area contributed by atoms with E-state index in [-0.39, 0.29) is 6.04 Å². The van der Waals surface area contributed by atoms with Crippen LogP contribution in [0.5, 0.6) is 0 Å². The van der Waals surface area contributed by atoms with Crippen LogP contribution in [0.25, 0.3) is 0 Å². The normalized spacial score (nSPS) is 25.9. The second-order valence-corrected chi connectivity index (χ2v) is 5.45. The minimum atomic E-state index is -0.836. The van der Waals surface area contributed by atoms with Gasteiger partial charge in [-0.05, 0) is 31.4 Å². The molecule has 2 atom stereocenters. The predicted molar refractivity (Wildman–Crippen MR) is 58.7 cm³/mol. The Morgan fingerprint density at radius 3 is 2.86 bits per heavy atom. The average molecular weight is 209 g/mol. The van der Waals surface area contributed by atoms with E-state index in [4.69, 9.17) is 5.73 Å². The summed E-state index contributed by atoms with van der Waals surface area (Å²) in [6, 6.07) is 4.22. The van der Waals surface area contributed by atoms with E-state index in [1.54, 1.807) is 0 Å². The van der Waals surface area contributed by atoms with Crippen molar-refractivity contribution in [1.82, 2.24) is 0 Å². The first-order valence-corrected chi connectivity index (χ1v) is 6.16. The van der Waals surface area contributed by atoms with Crippen LogP contribution in [0.4, 0.5) is 0 Å². The smallest absolute Gasteiger partial charge is 0.0536 e. The minimum absolute atomic E-state index is 0.0706. The molecule has 2 unspecified atom stereocenters. The SMILES string of the molecule is Cc1cc(C)c2c(c1)C(N)CCS2=O. The van der Waals surface area contributed by atoms with Gasteiger partial charge in [-0.1, -0.05) is 17.7 Å². The molecule has 2 nitrogen and oxygen atoms in total. The lowest BCUT2D eigenvalue weighted by molar-refractivity contribution is 0.635. The molecule has 0 saturated heterocycles. The Labute approximate surface area is 87.0 Å². The van der Waals surface area contributed by atoms with Gasteiger partial charge in [-0.15, -0.1) is 0 Å². The van der Waals surface area contributed by atoms with Gasteiger partial charge in [0.15, 0.2) is 0 Å². The van der Waals surface area contributed by atoms with Crippen LogP contribution in [0, 0.1) is 13.8 Å². The lowest BCUT2D eigenvalue weighted by Crippen LogP contribution is -2.22. The highest BCUT2D eigenvalue weighted by Gasteiger charge is 2.23. The van der Waals surface area contributed by atoms with Gasteiger partial charge in [0.25, 0.3) is 0 Å². The molecule has 1 aliphatic rings. The Kier molecular flexibility index (Phi) is 2.45. The van der Waals surface area contributed by atoms with Crippen molar-refractivity contribution in [3.05, 3.63) is 28.8 Å². The average Bonchev–Trinajstić information content (AvgIpc) is 2.10. The Hall–Kier alpha value is -0.670. The van der Waals surface area contributed by atoms with Crippen LogP contribution in [0.1, 0.15) is 29.2 Å². The van der Waals surface area contributed by atoms with Gasteiger partial charge in [0.05, 0.1) is 10.8 Å². The molecule has 0 spiro atoms. The number of aryl methyl sites for hydroxylation is 2. The van der Waals surface area contributed by atoms with E-state index in [1.165, 1.54) is 5.56 Å². The van der Waals surface area contributed by atoms with Crippen LogP contribution >= 0.6 is 0 Å². The molecule has 2 N–H and O–H groups in total. The Bertz CT molecular complexity index is 401. The molecule has 1 heterocycles. The topological polar surface area (TPSA) is 43.1 Å². The first-order chi connectivity index (χ1) is 6.59. The molecule has 0 aromatic heterocycles. The molecule has 0 aliphatic carbocycles. The summed E-state index contributed by atoms with van der Waals surface area (Å²) in [6.45, 7) is 4.07. The van der Waals surface area contributed by atoms with Crippen molar-refractivity contribution >= 4 is 10.8 Å². The lowest BCUT2D eigenvalue weighted by Gasteiger charge is -2.23.